The van der Waals surface area contributed by atoms with Crippen LogP contribution in [0.5, 0.6) is 17.2 Å². The topological polar surface area (TPSA) is 48.0 Å². The number of carbonyl (C=O) groups is 1. The van der Waals surface area contributed by atoms with E-state index in [-0.39, 0.29) is 12.5 Å². The van der Waals surface area contributed by atoms with Crippen LogP contribution in [0, 0.1) is 0 Å². The van der Waals surface area contributed by atoms with Crippen LogP contribution in [0.25, 0.3) is 6.08 Å². The third-order valence-electron chi connectivity index (χ3n) is 4.23. The number of halogens is 3. The number of likely N-dealkylation sites (N-methyl/N-ethyl adjacent to an activating group) is 1. The molecule has 0 spiro atoms. The summed E-state index contributed by atoms with van der Waals surface area (Å²) < 4.78 is 53.8. The van der Waals surface area contributed by atoms with Crippen molar-refractivity contribution >= 4 is 12.0 Å². The average Bonchev–Trinajstić information content (AvgIpc) is 2.70. The molecule has 0 aromatic heterocycles. The van der Waals surface area contributed by atoms with Crippen molar-refractivity contribution < 1.29 is 32.2 Å². The van der Waals surface area contributed by atoms with Gasteiger partial charge < -0.3 is 19.1 Å². The standard InChI is InChI=1S/C21H22F3NO4/c1-25(13-15-8-11-17(27-2)20(29-4)19(15)28-3)18(26)12-7-14-5-9-16(10-6-14)21(22,23)24/h5-12H,13H2,1-4H3/b12-7+. The van der Waals surface area contributed by atoms with Gasteiger partial charge in [-0.15, -0.1) is 0 Å². The van der Waals surface area contributed by atoms with E-state index in [0.29, 0.717) is 28.4 Å². The molecular formula is C21H22F3NO4. The number of methoxy groups -OCH3 is 3. The first kappa shape index (κ1) is 22.1. The number of ether oxygens (including phenoxy) is 3. The molecule has 0 heterocycles. The molecule has 0 bridgehead atoms. The molecule has 0 fully saturated rings. The van der Waals surface area contributed by atoms with E-state index in [4.69, 9.17) is 14.2 Å². The maximum atomic E-state index is 12.6. The van der Waals surface area contributed by atoms with Gasteiger partial charge in [-0.25, -0.2) is 0 Å². The van der Waals surface area contributed by atoms with Crippen LogP contribution in [0.2, 0.25) is 0 Å². The van der Waals surface area contributed by atoms with Crippen LogP contribution < -0.4 is 14.2 Å². The zero-order valence-corrected chi connectivity index (χ0v) is 16.5. The second kappa shape index (κ2) is 9.36. The highest BCUT2D eigenvalue weighted by Crippen LogP contribution is 2.40. The van der Waals surface area contributed by atoms with E-state index in [0.717, 1.165) is 12.1 Å². The van der Waals surface area contributed by atoms with E-state index in [1.165, 1.54) is 50.5 Å². The third-order valence-corrected chi connectivity index (χ3v) is 4.23. The van der Waals surface area contributed by atoms with E-state index in [1.807, 2.05) is 0 Å². The Labute approximate surface area is 167 Å². The summed E-state index contributed by atoms with van der Waals surface area (Å²) in [5.74, 6) is 1.07. The van der Waals surface area contributed by atoms with Crippen molar-refractivity contribution in [3.8, 4) is 17.2 Å². The lowest BCUT2D eigenvalue weighted by Crippen LogP contribution is -2.24. The lowest BCUT2D eigenvalue weighted by Gasteiger charge is -2.20. The van der Waals surface area contributed by atoms with Crippen molar-refractivity contribution in [1.29, 1.82) is 0 Å². The lowest BCUT2D eigenvalue weighted by atomic mass is 10.1. The molecule has 2 rings (SSSR count). The Hall–Kier alpha value is -3.16. The summed E-state index contributed by atoms with van der Waals surface area (Å²) >= 11 is 0. The second-order valence-electron chi connectivity index (χ2n) is 6.14. The molecule has 0 unspecified atom stereocenters. The van der Waals surface area contributed by atoms with Crippen LogP contribution in [0.3, 0.4) is 0 Å². The Bertz CT molecular complexity index is 877. The Morgan fingerprint density at radius 2 is 1.59 bits per heavy atom. The van der Waals surface area contributed by atoms with Gasteiger partial charge >= 0.3 is 6.18 Å². The van der Waals surface area contributed by atoms with Gasteiger partial charge in [0.25, 0.3) is 0 Å². The van der Waals surface area contributed by atoms with Crippen molar-refractivity contribution in [3.05, 3.63) is 59.2 Å². The number of rotatable bonds is 7. The highest BCUT2D eigenvalue weighted by Gasteiger charge is 2.29. The lowest BCUT2D eigenvalue weighted by molar-refractivity contribution is -0.137. The molecule has 0 atom stereocenters. The minimum Gasteiger partial charge on any atom is -0.493 e. The highest BCUT2D eigenvalue weighted by molar-refractivity contribution is 5.91. The Kier molecular flexibility index (Phi) is 7.14. The number of benzene rings is 2. The fourth-order valence-electron chi connectivity index (χ4n) is 2.70. The van der Waals surface area contributed by atoms with Crippen molar-refractivity contribution in [3.63, 3.8) is 0 Å². The summed E-state index contributed by atoms with van der Waals surface area (Å²) in [6, 6.07) is 8.05. The number of hydrogen-bond acceptors (Lipinski definition) is 4. The Morgan fingerprint density at radius 3 is 2.10 bits per heavy atom. The second-order valence-corrected chi connectivity index (χ2v) is 6.14. The van der Waals surface area contributed by atoms with Gasteiger partial charge in [0.15, 0.2) is 11.5 Å². The first-order chi connectivity index (χ1) is 13.7. The normalized spacial score (nSPS) is 11.4. The maximum Gasteiger partial charge on any atom is 0.416 e. The van der Waals surface area contributed by atoms with Crippen LogP contribution in [-0.2, 0) is 17.5 Å². The first-order valence-electron chi connectivity index (χ1n) is 8.59. The summed E-state index contributed by atoms with van der Waals surface area (Å²) in [6.45, 7) is 0.236. The zero-order chi connectivity index (χ0) is 21.6. The molecule has 5 nitrogen and oxygen atoms in total. The minimum absolute atomic E-state index is 0.236. The fourth-order valence-corrected chi connectivity index (χ4v) is 2.70. The summed E-state index contributed by atoms with van der Waals surface area (Å²) in [6.07, 6.45) is -1.63. The van der Waals surface area contributed by atoms with E-state index in [1.54, 1.807) is 19.2 Å². The molecule has 0 radical (unpaired) electrons. The van der Waals surface area contributed by atoms with E-state index in [9.17, 15) is 18.0 Å². The van der Waals surface area contributed by atoms with Crippen molar-refractivity contribution in [1.82, 2.24) is 4.90 Å². The molecular weight excluding hydrogens is 387 g/mol. The Balaban J connectivity index is 2.12. The minimum atomic E-state index is -4.39. The number of alkyl halides is 3. The Morgan fingerprint density at radius 1 is 0.966 bits per heavy atom. The fraction of sp³-hybridized carbons (Fsp3) is 0.286. The van der Waals surface area contributed by atoms with Gasteiger partial charge in [0, 0.05) is 25.2 Å². The molecule has 1 amide bonds. The molecule has 0 aliphatic carbocycles. The van der Waals surface area contributed by atoms with Gasteiger partial charge in [0.1, 0.15) is 0 Å². The monoisotopic (exact) mass is 409 g/mol. The van der Waals surface area contributed by atoms with Gasteiger partial charge in [-0.2, -0.15) is 13.2 Å². The molecule has 29 heavy (non-hydrogen) atoms. The number of hydrogen-bond donors (Lipinski definition) is 0. The van der Waals surface area contributed by atoms with Crippen LogP contribution in [0.4, 0.5) is 13.2 Å². The molecule has 0 aliphatic heterocycles. The number of amides is 1. The predicted octanol–water partition coefficient (Wildman–Crippen LogP) is 4.40. The van der Waals surface area contributed by atoms with Crippen molar-refractivity contribution in [2.24, 2.45) is 0 Å². The van der Waals surface area contributed by atoms with Gasteiger partial charge in [-0.05, 0) is 35.9 Å². The largest absolute Gasteiger partial charge is 0.493 e. The SMILES string of the molecule is COc1ccc(CN(C)C(=O)/C=C/c2ccc(C(F)(F)F)cc2)c(OC)c1OC. The van der Waals surface area contributed by atoms with Gasteiger partial charge in [0.2, 0.25) is 11.7 Å². The van der Waals surface area contributed by atoms with E-state index < -0.39 is 11.7 Å². The van der Waals surface area contributed by atoms with Gasteiger partial charge in [0.05, 0.1) is 26.9 Å². The number of carbonyl (C=O) groups excluding carboxylic acids is 1. The number of nitrogens with zero attached hydrogens (tertiary/aromatic N) is 1. The van der Waals surface area contributed by atoms with Crippen LogP contribution in [0.15, 0.2) is 42.5 Å². The summed E-state index contributed by atoms with van der Waals surface area (Å²) in [4.78, 5) is 13.8. The van der Waals surface area contributed by atoms with Gasteiger partial charge in [-0.1, -0.05) is 12.1 Å². The zero-order valence-electron chi connectivity index (χ0n) is 16.5. The summed E-state index contributed by atoms with van der Waals surface area (Å²) in [5.41, 5.74) is 0.464. The van der Waals surface area contributed by atoms with Crippen molar-refractivity contribution in [2.75, 3.05) is 28.4 Å². The smallest absolute Gasteiger partial charge is 0.416 e. The predicted molar refractivity (Wildman–Crippen MR) is 103 cm³/mol. The molecule has 2 aromatic rings. The summed E-state index contributed by atoms with van der Waals surface area (Å²) in [7, 11) is 6.10. The molecule has 0 saturated carbocycles. The molecule has 0 saturated heterocycles. The third kappa shape index (κ3) is 5.43. The first-order valence-corrected chi connectivity index (χ1v) is 8.59. The molecule has 0 aliphatic rings. The van der Waals surface area contributed by atoms with Crippen LogP contribution in [0.1, 0.15) is 16.7 Å². The highest BCUT2D eigenvalue weighted by atomic mass is 19.4. The quantitative estimate of drug-likeness (QED) is 0.636. The molecule has 2 aromatic carbocycles. The van der Waals surface area contributed by atoms with Crippen molar-refractivity contribution in [2.45, 2.75) is 12.7 Å². The van der Waals surface area contributed by atoms with Crippen LogP contribution in [-0.4, -0.2) is 39.2 Å². The van der Waals surface area contributed by atoms with Gasteiger partial charge in [-0.3, -0.25) is 4.79 Å². The maximum absolute atomic E-state index is 12.6. The molecule has 0 N–H and O–H groups in total. The average molecular weight is 409 g/mol. The molecule has 8 heteroatoms. The van der Waals surface area contributed by atoms with E-state index >= 15 is 0 Å². The van der Waals surface area contributed by atoms with E-state index in [2.05, 4.69) is 0 Å². The van der Waals surface area contributed by atoms with Crippen LogP contribution >= 0.6 is 0 Å². The molecule has 156 valence electrons. The summed E-state index contributed by atoms with van der Waals surface area (Å²) in [5, 5.41) is 0.